The molecule has 4 nitrogen and oxygen atoms in total. The highest BCUT2D eigenvalue weighted by molar-refractivity contribution is 5.97. The first-order valence-corrected chi connectivity index (χ1v) is 7.27. The van der Waals surface area contributed by atoms with E-state index in [4.69, 9.17) is 9.47 Å². The summed E-state index contributed by atoms with van der Waals surface area (Å²) < 4.78 is 10.7. The first kappa shape index (κ1) is 14.9. The highest BCUT2D eigenvalue weighted by Gasteiger charge is 2.25. The molecule has 2 rings (SSSR count). The maximum atomic E-state index is 11.9. The normalized spacial score (nSPS) is 14.4. The van der Waals surface area contributed by atoms with Gasteiger partial charge in [-0.2, -0.15) is 0 Å². The number of carbonyl (C=O) groups excluding carboxylic acids is 1. The van der Waals surface area contributed by atoms with Gasteiger partial charge in [0.15, 0.2) is 6.61 Å². The van der Waals surface area contributed by atoms with Crippen LogP contribution < -0.4 is 9.64 Å². The van der Waals surface area contributed by atoms with E-state index in [9.17, 15) is 4.79 Å². The fourth-order valence-electron chi connectivity index (χ4n) is 2.66. The monoisotopic (exact) mass is 277 g/mol. The van der Waals surface area contributed by atoms with Crippen molar-refractivity contribution in [3.05, 3.63) is 23.8 Å². The van der Waals surface area contributed by atoms with Crippen LogP contribution in [0.25, 0.3) is 0 Å². The number of fused-ring (bicyclic) bond motifs is 1. The van der Waals surface area contributed by atoms with Gasteiger partial charge in [0, 0.05) is 13.7 Å². The predicted molar refractivity (Wildman–Crippen MR) is 79.5 cm³/mol. The van der Waals surface area contributed by atoms with Crippen LogP contribution >= 0.6 is 0 Å². The molecule has 1 amide bonds. The average molecular weight is 277 g/mol. The van der Waals surface area contributed by atoms with E-state index >= 15 is 0 Å². The van der Waals surface area contributed by atoms with E-state index < -0.39 is 0 Å². The van der Waals surface area contributed by atoms with Gasteiger partial charge in [0.2, 0.25) is 0 Å². The van der Waals surface area contributed by atoms with Crippen molar-refractivity contribution in [1.82, 2.24) is 0 Å². The summed E-state index contributed by atoms with van der Waals surface area (Å²) in [6.45, 7) is 5.60. The molecular formula is C16H23NO3. The molecule has 0 bridgehead atoms. The van der Waals surface area contributed by atoms with Crippen LogP contribution in [0.15, 0.2) is 18.2 Å². The first-order chi connectivity index (χ1) is 9.71. The van der Waals surface area contributed by atoms with Gasteiger partial charge in [-0.05, 0) is 36.5 Å². The minimum Gasteiger partial charge on any atom is -0.482 e. The molecule has 0 aliphatic carbocycles. The number of amides is 1. The first-order valence-electron chi connectivity index (χ1n) is 7.27. The van der Waals surface area contributed by atoms with E-state index in [1.165, 1.54) is 5.56 Å². The quantitative estimate of drug-likeness (QED) is 0.802. The van der Waals surface area contributed by atoms with Crippen LogP contribution in [-0.4, -0.2) is 32.8 Å². The molecule has 20 heavy (non-hydrogen) atoms. The Kier molecular flexibility index (Phi) is 5.01. The Balaban J connectivity index is 2.28. The van der Waals surface area contributed by atoms with Crippen LogP contribution in [0.1, 0.15) is 38.2 Å². The number of methoxy groups -OCH3 is 1. The molecule has 0 N–H and O–H groups in total. The van der Waals surface area contributed by atoms with Gasteiger partial charge >= 0.3 is 0 Å². The van der Waals surface area contributed by atoms with Crippen molar-refractivity contribution in [1.29, 1.82) is 0 Å². The molecule has 4 heteroatoms. The molecule has 1 aliphatic rings. The van der Waals surface area contributed by atoms with E-state index in [0.717, 1.165) is 24.3 Å². The molecular weight excluding hydrogens is 254 g/mol. The molecule has 0 saturated carbocycles. The molecule has 110 valence electrons. The summed E-state index contributed by atoms with van der Waals surface area (Å²) in [5.41, 5.74) is 2.14. The molecule has 0 radical (unpaired) electrons. The Morgan fingerprint density at radius 1 is 1.35 bits per heavy atom. The second-order valence-corrected chi connectivity index (χ2v) is 5.07. The summed E-state index contributed by atoms with van der Waals surface area (Å²) in [6, 6.07) is 6.19. The number of carbonyl (C=O) groups is 1. The molecule has 1 aromatic rings. The van der Waals surface area contributed by atoms with Gasteiger partial charge in [-0.1, -0.05) is 19.9 Å². The predicted octanol–water partition coefficient (Wildman–Crippen LogP) is 2.96. The summed E-state index contributed by atoms with van der Waals surface area (Å²) in [5, 5.41) is 0. The number of rotatable bonds is 6. The summed E-state index contributed by atoms with van der Waals surface area (Å²) >= 11 is 0. The van der Waals surface area contributed by atoms with E-state index in [1.54, 1.807) is 12.0 Å². The zero-order valence-electron chi connectivity index (χ0n) is 12.5. The largest absolute Gasteiger partial charge is 0.482 e. The lowest BCUT2D eigenvalue weighted by Gasteiger charge is -2.30. The number of nitrogens with zero attached hydrogens (tertiary/aromatic N) is 1. The molecule has 0 atom stereocenters. The Bertz CT molecular complexity index is 469. The number of hydrogen-bond acceptors (Lipinski definition) is 3. The molecule has 0 spiro atoms. The van der Waals surface area contributed by atoms with Gasteiger partial charge in [0.1, 0.15) is 5.75 Å². The maximum Gasteiger partial charge on any atom is 0.265 e. The molecule has 0 fully saturated rings. The number of hydrogen-bond donors (Lipinski definition) is 0. The van der Waals surface area contributed by atoms with Crippen LogP contribution in [0.4, 0.5) is 5.69 Å². The van der Waals surface area contributed by atoms with Crippen molar-refractivity contribution in [2.45, 2.75) is 32.6 Å². The molecule has 0 unspecified atom stereocenters. The fraction of sp³-hybridized carbons (Fsp3) is 0.562. The Hall–Kier alpha value is -1.55. The van der Waals surface area contributed by atoms with Gasteiger partial charge in [0.05, 0.1) is 12.3 Å². The third kappa shape index (κ3) is 2.96. The summed E-state index contributed by atoms with van der Waals surface area (Å²) in [5.74, 6) is 1.35. The Labute approximate surface area is 120 Å². The van der Waals surface area contributed by atoms with Crippen molar-refractivity contribution in [3.63, 3.8) is 0 Å². The summed E-state index contributed by atoms with van der Waals surface area (Å²) in [6.07, 6.45) is 2.23. The second kappa shape index (κ2) is 6.75. The highest BCUT2D eigenvalue weighted by atomic mass is 16.5. The van der Waals surface area contributed by atoms with E-state index in [1.807, 2.05) is 6.07 Å². The maximum absolute atomic E-state index is 11.9. The third-order valence-electron chi connectivity index (χ3n) is 3.90. The summed E-state index contributed by atoms with van der Waals surface area (Å²) in [7, 11) is 1.64. The van der Waals surface area contributed by atoms with Gasteiger partial charge in [-0.25, -0.2) is 0 Å². The van der Waals surface area contributed by atoms with Gasteiger partial charge < -0.3 is 14.4 Å². The SMILES string of the molecule is CCC(CC)c1ccc2c(c1)OCC(=O)N2CCOC. The topological polar surface area (TPSA) is 38.8 Å². The van der Waals surface area contributed by atoms with Crippen LogP contribution in [0.3, 0.4) is 0 Å². The average Bonchev–Trinajstić information content (AvgIpc) is 2.47. The smallest absolute Gasteiger partial charge is 0.265 e. The molecule has 1 aliphatic heterocycles. The second-order valence-electron chi connectivity index (χ2n) is 5.07. The van der Waals surface area contributed by atoms with Gasteiger partial charge in [-0.3, -0.25) is 4.79 Å². The standard InChI is InChI=1S/C16H23NO3/c1-4-12(5-2)13-6-7-14-15(10-13)20-11-16(18)17(14)8-9-19-3/h6-7,10,12H,4-5,8-9,11H2,1-3H3. The van der Waals surface area contributed by atoms with Crippen molar-refractivity contribution < 1.29 is 14.3 Å². The van der Waals surface area contributed by atoms with Crippen LogP contribution in [0.5, 0.6) is 5.75 Å². The fourth-order valence-corrected chi connectivity index (χ4v) is 2.66. The minimum absolute atomic E-state index is 0.00941. The van der Waals surface area contributed by atoms with Crippen LogP contribution in [0.2, 0.25) is 0 Å². The highest BCUT2D eigenvalue weighted by Crippen LogP contribution is 2.36. The van der Waals surface area contributed by atoms with Crippen molar-refractivity contribution in [2.75, 3.05) is 31.8 Å². The lowest BCUT2D eigenvalue weighted by Crippen LogP contribution is -2.40. The Morgan fingerprint density at radius 2 is 2.10 bits per heavy atom. The molecule has 0 aromatic heterocycles. The molecule has 1 heterocycles. The van der Waals surface area contributed by atoms with E-state index in [-0.39, 0.29) is 12.5 Å². The number of benzene rings is 1. The number of ether oxygens (including phenoxy) is 2. The van der Waals surface area contributed by atoms with Crippen LogP contribution in [0, 0.1) is 0 Å². The molecule has 1 aromatic carbocycles. The number of anilines is 1. The van der Waals surface area contributed by atoms with Gasteiger partial charge in [-0.15, -0.1) is 0 Å². The van der Waals surface area contributed by atoms with E-state index in [2.05, 4.69) is 26.0 Å². The van der Waals surface area contributed by atoms with Crippen molar-refractivity contribution in [2.24, 2.45) is 0 Å². The lowest BCUT2D eigenvalue weighted by molar-refractivity contribution is -0.121. The summed E-state index contributed by atoms with van der Waals surface area (Å²) in [4.78, 5) is 13.7. The van der Waals surface area contributed by atoms with Gasteiger partial charge in [0.25, 0.3) is 5.91 Å². The van der Waals surface area contributed by atoms with E-state index in [0.29, 0.717) is 19.1 Å². The zero-order valence-corrected chi connectivity index (χ0v) is 12.5. The minimum atomic E-state index is -0.00941. The zero-order chi connectivity index (χ0) is 14.5. The lowest BCUT2D eigenvalue weighted by atomic mass is 9.93. The molecule has 0 saturated heterocycles. The van der Waals surface area contributed by atoms with Crippen molar-refractivity contribution in [3.8, 4) is 5.75 Å². The Morgan fingerprint density at radius 3 is 2.75 bits per heavy atom. The van der Waals surface area contributed by atoms with Crippen LogP contribution in [-0.2, 0) is 9.53 Å². The third-order valence-corrected chi connectivity index (χ3v) is 3.90. The van der Waals surface area contributed by atoms with Crippen molar-refractivity contribution >= 4 is 11.6 Å².